The highest BCUT2D eigenvalue weighted by Crippen LogP contribution is 2.29. The van der Waals surface area contributed by atoms with E-state index < -0.39 is 6.04 Å². The predicted molar refractivity (Wildman–Crippen MR) is 75.9 cm³/mol. The Kier molecular flexibility index (Phi) is 5.07. The summed E-state index contributed by atoms with van der Waals surface area (Å²) in [4.78, 5) is 12.0. The topological polar surface area (TPSA) is 38.3 Å². The van der Waals surface area contributed by atoms with Crippen molar-refractivity contribution in [3.8, 4) is 0 Å². The number of para-hydroxylation sites is 1. The number of ether oxygens (including phenoxy) is 1. The van der Waals surface area contributed by atoms with Crippen LogP contribution in [-0.2, 0) is 9.53 Å². The van der Waals surface area contributed by atoms with Crippen molar-refractivity contribution in [3.63, 3.8) is 0 Å². The van der Waals surface area contributed by atoms with E-state index in [1.165, 1.54) is 6.07 Å². The molecular formula is C14H18FNO2S. The largest absolute Gasteiger partial charge is 0.464 e. The monoisotopic (exact) mass is 283 g/mol. The zero-order valence-electron chi connectivity index (χ0n) is 10.9. The van der Waals surface area contributed by atoms with Gasteiger partial charge in [0.1, 0.15) is 11.9 Å². The summed E-state index contributed by atoms with van der Waals surface area (Å²) in [5.74, 6) is 1.51. The molecule has 1 aromatic rings. The molecule has 0 radical (unpaired) electrons. The number of hydrogen-bond acceptors (Lipinski definition) is 4. The summed E-state index contributed by atoms with van der Waals surface area (Å²) in [7, 11) is 0. The van der Waals surface area contributed by atoms with Crippen LogP contribution >= 0.6 is 11.8 Å². The number of rotatable bonds is 5. The fraction of sp³-hybridized carbons (Fsp3) is 0.500. The summed E-state index contributed by atoms with van der Waals surface area (Å²) >= 11 is 1.82. The molecule has 2 atom stereocenters. The van der Waals surface area contributed by atoms with E-state index in [0.717, 1.165) is 17.9 Å². The zero-order valence-corrected chi connectivity index (χ0v) is 11.7. The molecule has 0 saturated carbocycles. The molecule has 3 nitrogen and oxygen atoms in total. The van der Waals surface area contributed by atoms with Gasteiger partial charge in [-0.2, -0.15) is 11.8 Å². The average Bonchev–Trinajstić information content (AvgIpc) is 2.91. The van der Waals surface area contributed by atoms with Gasteiger partial charge in [-0.05, 0) is 42.9 Å². The Labute approximate surface area is 116 Å². The first-order valence-electron chi connectivity index (χ1n) is 6.47. The summed E-state index contributed by atoms with van der Waals surface area (Å²) in [5.41, 5.74) is 0.359. The van der Waals surface area contributed by atoms with E-state index in [2.05, 4.69) is 5.32 Å². The van der Waals surface area contributed by atoms with Crippen molar-refractivity contribution in [2.45, 2.75) is 19.4 Å². The summed E-state index contributed by atoms with van der Waals surface area (Å²) in [6.45, 7) is 2.12. The number of halogens is 1. The minimum atomic E-state index is -0.466. The quantitative estimate of drug-likeness (QED) is 0.843. The SMILES string of the molecule is CCOC(=O)C(Nc1ccccc1F)C1CCSC1. The van der Waals surface area contributed by atoms with Gasteiger partial charge in [0.2, 0.25) is 0 Å². The summed E-state index contributed by atoms with van der Waals surface area (Å²) in [6, 6.07) is 5.94. The van der Waals surface area contributed by atoms with Crippen molar-refractivity contribution in [1.29, 1.82) is 0 Å². The fourth-order valence-electron chi connectivity index (χ4n) is 2.16. The van der Waals surface area contributed by atoms with Crippen LogP contribution in [-0.4, -0.2) is 30.1 Å². The second-order valence-corrected chi connectivity index (χ2v) is 5.63. The van der Waals surface area contributed by atoms with E-state index in [0.29, 0.717) is 12.3 Å². The van der Waals surface area contributed by atoms with Crippen molar-refractivity contribution >= 4 is 23.4 Å². The minimum absolute atomic E-state index is 0.198. The molecule has 0 aliphatic carbocycles. The number of thioether (sulfide) groups is 1. The van der Waals surface area contributed by atoms with Gasteiger partial charge >= 0.3 is 5.97 Å². The van der Waals surface area contributed by atoms with Gasteiger partial charge in [-0.3, -0.25) is 0 Å². The van der Waals surface area contributed by atoms with Crippen molar-refractivity contribution in [2.24, 2.45) is 5.92 Å². The second kappa shape index (κ2) is 6.80. The highest BCUT2D eigenvalue weighted by molar-refractivity contribution is 7.99. The number of hydrogen-bond donors (Lipinski definition) is 1. The molecule has 1 aliphatic heterocycles. The lowest BCUT2D eigenvalue weighted by Crippen LogP contribution is -2.38. The summed E-state index contributed by atoms with van der Waals surface area (Å²) in [5, 5.41) is 3.01. The number of anilines is 1. The van der Waals surface area contributed by atoms with E-state index in [1.807, 2.05) is 11.8 Å². The van der Waals surface area contributed by atoms with Crippen LogP contribution < -0.4 is 5.32 Å². The number of carbonyl (C=O) groups excluding carboxylic acids is 1. The molecular weight excluding hydrogens is 265 g/mol. The number of carbonyl (C=O) groups is 1. The molecule has 2 unspecified atom stereocenters. The molecule has 2 rings (SSSR count). The minimum Gasteiger partial charge on any atom is -0.464 e. The van der Waals surface area contributed by atoms with Crippen LogP contribution in [0, 0.1) is 11.7 Å². The van der Waals surface area contributed by atoms with Gasteiger partial charge < -0.3 is 10.1 Å². The fourth-order valence-corrected chi connectivity index (χ4v) is 3.46. The molecule has 0 bridgehead atoms. The third kappa shape index (κ3) is 3.62. The van der Waals surface area contributed by atoms with Crippen molar-refractivity contribution in [2.75, 3.05) is 23.4 Å². The van der Waals surface area contributed by atoms with Crippen molar-refractivity contribution in [3.05, 3.63) is 30.1 Å². The van der Waals surface area contributed by atoms with Gasteiger partial charge in [0.05, 0.1) is 12.3 Å². The Morgan fingerprint density at radius 1 is 1.58 bits per heavy atom. The Morgan fingerprint density at radius 2 is 2.37 bits per heavy atom. The van der Waals surface area contributed by atoms with E-state index in [9.17, 15) is 9.18 Å². The standard InChI is InChI=1S/C14H18FNO2S/c1-2-18-14(17)13(10-7-8-19-9-10)16-12-6-4-3-5-11(12)15/h3-6,10,13,16H,2,7-9H2,1H3. The van der Waals surface area contributed by atoms with Gasteiger partial charge in [-0.25, -0.2) is 9.18 Å². The average molecular weight is 283 g/mol. The van der Waals surface area contributed by atoms with E-state index in [4.69, 9.17) is 4.74 Å². The van der Waals surface area contributed by atoms with Crippen LogP contribution in [0.4, 0.5) is 10.1 Å². The second-order valence-electron chi connectivity index (χ2n) is 4.48. The van der Waals surface area contributed by atoms with Gasteiger partial charge in [-0.15, -0.1) is 0 Å². The maximum absolute atomic E-state index is 13.7. The molecule has 0 aromatic heterocycles. The molecule has 1 fully saturated rings. The van der Waals surface area contributed by atoms with Crippen molar-refractivity contribution < 1.29 is 13.9 Å². The Balaban J connectivity index is 2.13. The van der Waals surface area contributed by atoms with Crippen LogP contribution in [0.5, 0.6) is 0 Å². The predicted octanol–water partition coefficient (Wildman–Crippen LogP) is 2.92. The van der Waals surface area contributed by atoms with Crippen molar-refractivity contribution in [1.82, 2.24) is 0 Å². The molecule has 0 spiro atoms. The third-order valence-corrected chi connectivity index (χ3v) is 4.35. The summed E-state index contributed by atoms with van der Waals surface area (Å²) < 4.78 is 18.8. The Bertz CT molecular complexity index is 435. The molecule has 19 heavy (non-hydrogen) atoms. The summed E-state index contributed by atoms with van der Waals surface area (Å²) in [6.07, 6.45) is 0.954. The van der Waals surface area contributed by atoms with Gasteiger partial charge in [0.15, 0.2) is 0 Å². The number of esters is 1. The maximum Gasteiger partial charge on any atom is 0.328 e. The highest BCUT2D eigenvalue weighted by atomic mass is 32.2. The molecule has 1 N–H and O–H groups in total. The first-order chi connectivity index (χ1) is 9.22. The van der Waals surface area contributed by atoms with Gasteiger partial charge in [-0.1, -0.05) is 12.1 Å². The van der Waals surface area contributed by atoms with Gasteiger partial charge in [0.25, 0.3) is 0 Å². The molecule has 1 aromatic carbocycles. The lowest BCUT2D eigenvalue weighted by atomic mass is 9.99. The lowest BCUT2D eigenvalue weighted by molar-refractivity contribution is -0.145. The van der Waals surface area contributed by atoms with Crippen LogP contribution in [0.15, 0.2) is 24.3 Å². The third-order valence-electron chi connectivity index (χ3n) is 3.16. The first-order valence-corrected chi connectivity index (χ1v) is 7.63. The Morgan fingerprint density at radius 3 is 3.00 bits per heavy atom. The normalized spacial score (nSPS) is 20.0. The zero-order chi connectivity index (χ0) is 13.7. The first kappa shape index (κ1) is 14.2. The van der Waals surface area contributed by atoms with Crippen LogP contribution in [0.2, 0.25) is 0 Å². The molecule has 104 valence electrons. The van der Waals surface area contributed by atoms with E-state index in [-0.39, 0.29) is 17.7 Å². The van der Waals surface area contributed by atoms with E-state index >= 15 is 0 Å². The van der Waals surface area contributed by atoms with Gasteiger partial charge in [0, 0.05) is 0 Å². The lowest BCUT2D eigenvalue weighted by Gasteiger charge is -2.23. The number of nitrogens with one attached hydrogen (secondary N) is 1. The smallest absolute Gasteiger partial charge is 0.328 e. The van der Waals surface area contributed by atoms with Crippen LogP contribution in [0.25, 0.3) is 0 Å². The highest BCUT2D eigenvalue weighted by Gasteiger charge is 2.32. The molecule has 5 heteroatoms. The molecule has 0 amide bonds. The molecule has 1 saturated heterocycles. The van der Waals surface area contributed by atoms with Crippen LogP contribution in [0.1, 0.15) is 13.3 Å². The van der Waals surface area contributed by atoms with E-state index in [1.54, 1.807) is 25.1 Å². The molecule has 1 heterocycles. The number of benzene rings is 1. The van der Waals surface area contributed by atoms with Crippen LogP contribution in [0.3, 0.4) is 0 Å². The molecule has 1 aliphatic rings. The Hall–Kier alpha value is -1.23. The maximum atomic E-state index is 13.7.